The number of aromatic nitrogens is 2. The highest BCUT2D eigenvalue weighted by molar-refractivity contribution is 6.46. The highest BCUT2D eigenvalue weighted by atomic mass is 19.1. The molecule has 0 spiro atoms. The minimum absolute atomic E-state index is 0.0880. The van der Waals surface area contributed by atoms with E-state index in [0.717, 1.165) is 0 Å². The number of aliphatic hydroxyl groups excluding tert-OH is 1. The maximum absolute atomic E-state index is 14.1. The second kappa shape index (κ2) is 9.01. The number of imidazole rings is 1. The quantitative estimate of drug-likeness (QED) is 0.343. The van der Waals surface area contributed by atoms with Crippen molar-refractivity contribution in [1.29, 1.82) is 0 Å². The van der Waals surface area contributed by atoms with E-state index in [1.807, 2.05) is 4.57 Å². The number of aliphatic hydroxyl groups is 1. The Morgan fingerprint density at radius 2 is 1.91 bits per heavy atom. The predicted molar refractivity (Wildman–Crippen MR) is 120 cm³/mol. The van der Waals surface area contributed by atoms with Gasteiger partial charge >= 0.3 is 0 Å². The molecule has 0 radical (unpaired) electrons. The van der Waals surface area contributed by atoms with Gasteiger partial charge in [-0.25, -0.2) is 9.37 Å². The molecule has 1 amide bonds. The average molecular weight is 463 g/mol. The summed E-state index contributed by atoms with van der Waals surface area (Å²) in [5.41, 5.74) is 0.623. The maximum Gasteiger partial charge on any atom is 0.295 e. The van der Waals surface area contributed by atoms with Gasteiger partial charge in [0, 0.05) is 31.0 Å². The number of carbonyl (C=O) groups is 2. The molecule has 9 heteroatoms. The van der Waals surface area contributed by atoms with Crippen LogP contribution in [0.3, 0.4) is 0 Å². The number of ketones is 1. The van der Waals surface area contributed by atoms with Crippen LogP contribution < -0.4 is 9.47 Å². The van der Waals surface area contributed by atoms with E-state index in [4.69, 9.17) is 9.47 Å². The molecule has 5 rings (SSSR count). The van der Waals surface area contributed by atoms with Gasteiger partial charge in [-0.2, -0.15) is 0 Å². The summed E-state index contributed by atoms with van der Waals surface area (Å²) >= 11 is 0. The third-order valence-corrected chi connectivity index (χ3v) is 5.89. The van der Waals surface area contributed by atoms with Crippen molar-refractivity contribution in [3.05, 3.63) is 83.7 Å². The molecule has 174 valence electrons. The van der Waals surface area contributed by atoms with E-state index in [2.05, 4.69) is 4.98 Å². The minimum atomic E-state index is -0.924. The third kappa shape index (κ3) is 4.00. The van der Waals surface area contributed by atoms with Crippen molar-refractivity contribution in [1.82, 2.24) is 14.5 Å². The van der Waals surface area contributed by atoms with Crippen LogP contribution in [0.2, 0.25) is 0 Å². The molecule has 8 nitrogen and oxygen atoms in total. The minimum Gasteiger partial charge on any atom is -0.507 e. The van der Waals surface area contributed by atoms with Crippen LogP contribution in [0.5, 0.6) is 11.5 Å². The van der Waals surface area contributed by atoms with Crippen LogP contribution in [0, 0.1) is 5.82 Å². The first kappa shape index (κ1) is 21.7. The molecule has 1 atom stereocenters. The zero-order valence-electron chi connectivity index (χ0n) is 18.2. The molecule has 34 heavy (non-hydrogen) atoms. The van der Waals surface area contributed by atoms with Crippen molar-refractivity contribution in [3.63, 3.8) is 0 Å². The number of rotatable bonds is 6. The normalized spacial score (nSPS) is 19.0. The lowest BCUT2D eigenvalue weighted by atomic mass is 9.95. The van der Waals surface area contributed by atoms with Gasteiger partial charge in [-0.1, -0.05) is 12.1 Å². The number of carbonyl (C=O) groups excluding carboxylic acids is 2. The molecule has 3 aromatic rings. The van der Waals surface area contributed by atoms with Crippen LogP contribution in [-0.4, -0.2) is 51.0 Å². The molecular weight excluding hydrogens is 441 g/mol. The molecule has 1 fully saturated rings. The Morgan fingerprint density at radius 3 is 2.68 bits per heavy atom. The summed E-state index contributed by atoms with van der Waals surface area (Å²) < 4.78 is 27.1. The number of Topliss-reactive ketones (excluding diaryl/α,β-unsaturated/α-hetero) is 1. The fourth-order valence-electron chi connectivity index (χ4n) is 4.32. The Balaban J connectivity index is 1.54. The monoisotopic (exact) mass is 463 g/mol. The summed E-state index contributed by atoms with van der Waals surface area (Å²) in [7, 11) is 0. The Labute approximate surface area is 194 Å². The highest BCUT2D eigenvalue weighted by Gasteiger charge is 2.46. The van der Waals surface area contributed by atoms with Crippen molar-refractivity contribution >= 4 is 17.4 Å². The number of ether oxygens (including phenoxy) is 2. The number of benzene rings is 2. The molecule has 1 N–H and O–H groups in total. The SMILES string of the molecule is O=C1C(=O)N(CCCn2ccnc2)[C@@H](c2cccc(F)c2)/C1=C(\O)c1ccc2c(c1)OCCO2. The molecule has 3 heterocycles. The Bertz CT molecular complexity index is 1270. The van der Waals surface area contributed by atoms with E-state index in [1.54, 1.807) is 43.0 Å². The highest BCUT2D eigenvalue weighted by Crippen LogP contribution is 2.41. The van der Waals surface area contributed by atoms with Crippen LogP contribution in [-0.2, 0) is 16.1 Å². The molecule has 0 unspecified atom stereocenters. The molecule has 0 bridgehead atoms. The summed E-state index contributed by atoms with van der Waals surface area (Å²) in [5, 5.41) is 11.2. The maximum atomic E-state index is 14.1. The molecule has 2 aromatic carbocycles. The largest absolute Gasteiger partial charge is 0.507 e. The van der Waals surface area contributed by atoms with E-state index in [1.165, 1.54) is 23.1 Å². The fraction of sp³-hybridized carbons (Fsp3) is 0.240. The van der Waals surface area contributed by atoms with Crippen LogP contribution in [0.15, 0.2) is 66.8 Å². The second-order valence-electron chi connectivity index (χ2n) is 8.06. The molecule has 2 aliphatic rings. The lowest BCUT2D eigenvalue weighted by molar-refractivity contribution is -0.139. The number of halogens is 1. The Kier molecular flexibility index (Phi) is 5.75. The van der Waals surface area contributed by atoms with Gasteiger partial charge in [-0.05, 0) is 42.3 Å². The van der Waals surface area contributed by atoms with E-state index in [0.29, 0.717) is 48.8 Å². The summed E-state index contributed by atoms with van der Waals surface area (Å²) in [4.78, 5) is 31.5. The lowest BCUT2D eigenvalue weighted by Gasteiger charge is -2.25. The number of hydrogen-bond acceptors (Lipinski definition) is 6. The number of amides is 1. The zero-order valence-corrected chi connectivity index (χ0v) is 18.2. The molecule has 1 aromatic heterocycles. The summed E-state index contributed by atoms with van der Waals surface area (Å²) in [6.07, 6.45) is 5.67. The van der Waals surface area contributed by atoms with E-state index >= 15 is 0 Å². The smallest absolute Gasteiger partial charge is 0.295 e. The molecule has 0 saturated carbocycles. The molecular formula is C25H22FN3O5. The number of likely N-dealkylation sites (tertiary alicyclic amines) is 1. The molecule has 2 aliphatic heterocycles. The van der Waals surface area contributed by atoms with Crippen molar-refractivity contribution in [3.8, 4) is 11.5 Å². The first-order chi connectivity index (χ1) is 16.5. The van der Waals surface area contributed by atoms with Gasteiger partial charge in [0.05, 0.1) is 17.9 Å². The number of hydrogen-bond donors (Lipinski definition) is 1. The fourth-order valence-corrected chi connectivity index (χ4v) is 4.32. The number of fused-ring (bicyclic) bond motifs is 1. The van der Waals surface area contributed by atoms with E-state index in [9.17, 15) is 19.1 Å². The second-order valence-corrected chi connectivity index (χ2v) is 8.06. The Hall–Kier alpha value is -4.14. The van der Waals surface area contributed by atoms with Crippen LogP contribution >= 0.6 is 0 Å². The van der Waals surface area contributed by atoms with Crippen molar-refractivity contribution in [2.24, 2.45) is 0 Å². The van der Waals surface area contributed by atoms with Gasteiger partial charge in [-0.3, -0.25) is 9.59 Å². The van der Waals surface area contributed by atoms with Gasteiger partial charge in [0.1, 0.15) is 24.8 Å². The van der Waals surface area contributed by atoms with E-state index < -0.39 is 23.5 Å². The van der Waals surface area contributed by atoms with Crippen molar-refractivity contribution in [2.45, 2.75) is 19.0 Å². The number of aryl methyl sites for hydroxylation is 1. The summed E-state index contributed by atoms with van der Waals surface area (Å²) in [6, 6.07) is 9.59. The number of nitrogens with zero attached hydrogens (tertiary/aromatic N) is 3. The Morgan fingerprint density at radius 1 is 1.09 bits per heavy atom. The summed E-state index contributed by atoms with van der Waals surface area (Å²) in [5.74, 6) is -1.43. The third-order valence-electron chi connectivity index (χ3n) is 5.89. The van der Waals surface area contributed by atoms with Crippen molar-refractivity contribution < 1.29 is 28.6 Å². The molecule has 1 saturated heterocycles. The van der Waals surface area contributed by atoms with Crippen LogP contribution in [0.1, 0.15) is 23.6 Å². The predicted octanol–water partition coefficient (Wildman–Crippen LogP) is 3.31. The topological polar surface area (TPSA) is 93.9 Å². The average Bonchev–Trinajstić information content (AvgIpc) is 3.45. The van der Waals surface area contributed by atoms with Gasteiger partial charge in [0.2, 0.25) is 0 Å². The lowest BCUT2D eigenvalue weighted by Crippen LogP contribution is -2.31. The first-order valence-corrected chi connectivity index (χ1v) is 10.9. The first-order valence-electron chi connectivity index (χ1n) is 10.9. The standard InChI is InChI=1S/C25H22FN3O5/c26-18-4-1-3-16(13-18)22-21(23(30)17-5-6-19-20(14-17)34-12-11-33-19)24(31)25(32)29(22)9-2-8-28-10-7-27-15-28/h1,3-7,10,13-15,22,30H,2,8-9,11-12H2/b23-21+/t22-/m0/s1. The summed E-state index contributed by atoms with van der Waals surface area (Å²) in [6.45, 7) is 1.60. The van der Waals surface area contributed by atoms with Crippen LogP contribution in [0.4, 0.5) is 4.39 Å². The van der Waals surface area contributed by atoms with Gasteiger partial charge in [-0.15, -0.1) is 0 Å². The van der Waals surface area contributed by atoms with E-state index in [-0.39, 0.29) is 17.9 Å². The zero-order chi connectivity index (χ0) is 23.7. The molecule has 0 aliphatic carbocycles. The van der Waals surface area contributed by atoms with Gasteiger partial charge < -0.3 is 24.0 Å². The van der Waals surface area contributed by atoms with Crippen molar-refractivity contribution in [2.75, 3.05) is 19.8 Å². The van der Waals surface area contributed by atoms with Gasteiger partial charge in [0.15, 0.2) is 11.5 Å². The van der Waals surface area contributed by atoms with Crippen LogP contribution in [0.25, 0.3) is 5.76 Å². The van der Waals surface area contributed by atoms with Gasteiger partial charge in [0.25, 0.3) is 11.7 Å².